The van der Waals surface area contributed by atoms with E-state index in [4.69, 9.17) is 18.9 Å². The van der Waals surface area contributed by atoms with Crippen LogP contribution in [0.3, 0.4) is 0 Å². The summed E-state index contributed by atoms with van der Waals surface area (Å²) in [5.41, 5.74) is 0. The van der Waals surface area contributed by atoms with Crippen molar-refractivity contribution in [2.24, 2.45) is 0 Å². The number of hydrogen-bond acceptors (Lipinski definition) is 6. The number of fused-ring (bicyclic) bond motifs is 1. The van der Waals surface area contributed by atoms with E-state index in [2.05, 4.69) is 0 Å². The highest BCUT2D eigenvalue weighted by Crippen LogP contribution is 2.37. The van der Waals surface area contributed by atoms with Crippen molar-refractivity contribution in [1.82, 2.24) is 0 Å². The van der Waals surface area contributed by atoms with E-state index >= 15 is 0 Å². The molecule has 0 spiro atoms. The Hall–Kier alpha value is -0.530. The predicted molar refractivity (Wildman–Crippen MR) is 60.5 cm³/mol. The molecule has 0 aromatic heterocycles. The van der Waals surface area contributed by atoms with Gasteiger partial charge in [0.1, 0.15) is 12.2 Å². The van der Waals surface area contributed by atoms with Gasteiger partial charge in [-0.2, -0.15) is 0 Å². The second-order valence-corrected chi connectivity index (χ2v) is 5.62. The van der Waals surface area contributed by atoms with E-state index in [1.165, 1.54) is 13.8 Å². The molecule has 2 unspecified atom stereocenters. The van der Waals surface area contributed by atoms with Gasteiger partial charge in [0.15, 0.2) is 24.2 Å². The van der Waals surface area contributed by atoms with Crippen molar-refractivity contribution in [2.75, 3.05) is 0 Å². The lowest BCUT2D eigenvalue weighted by Gasteiger charge is -2.36. The first-order chi connectivity index (χ1) is 8.20. The zero-order chi connectivity index (χ0) is 13.6. The van der Waals surface area contributed by atoms with Gasteiger partial charge in [-0.1, -0.05) is 0 Å². The Morgan fingerprint density at radius 3 is 2.61 bits per heavy atom. The second-order valence-electron chi connectivity index (χ2n) is 5.62. The molecule has 6 heteroatoms. The lowest BCUT2D eigenvalue weighted by Crippen LogP contribution is -2.50. The molecule has 0 saturated carbocycles. The van der Waals surface area contributed by atoms with Gasteiger partial charge in [-0.05, 0) is 27.7 Å². The maximum atomic E-state index is 11.0. The van der Waals surface area contributed by atoms with Crippen LogP contribution in [0.4, 0.5) is 0 Å². The fourth-order valence-corrected chi connectivity index (χ4v) is 2.29. The first-order valence-electron chi connectivity index (χ1n) is 6.07. The number of carbonyl (C=O) groups excluding carboxylic acids is 1. The number of hydrogen-bond donors (Lipinski definition) is 1. The summed E-state index contributed by atoms with van der Waals surface area (Å²) < 4.78 is 22.1. The first kappa shape index (κ1) is 13.9. The Bertz CT molecular complexity index is 321. The number of aldehydes is 1. The lowest BCUT2D eigenvalue weighted by atomic mass is 10.0. The molecule has 2 saturated heterocycles. The minimum atomic E-state index is -1.32. The summed E-state index contributed by atoms with van der Waals surface area (Å²) in [4.78, 5) is 11.0. The van der Waals surface area contributed by atoms with E-state index < -0.39 is 30.1 Å². The van der Waals surface area contributed by atoms with Gasteiger partial charge in [-0.25, -0.2) is 0 Å². The normalized spacial score (nSPS) is 39.4. The third-order valence-electron chi connectivity index (χ3n) is 2.83. The average Bonchev–Trinajstić information content (AvgIpc) is 2.47. The number of ether oxygens (including phenoxy) is 4. The molecule has 2 heterocycles. The molecule has 2 fully saturated rings. The first-order valence-corrected chi connectivity index (χ1v) is 6.07. The van der Waals surface area contributed by atoms with E-state index in [1.54, 1.807) is 13.8 Å². The van der Waals surface area contributed by atoms with E-state index in [0.717, 1.165) is 0 Å². The van der Waals surface area contributed by atoms with Crippen molar-refractivity contribution in [3.8, 4) is 0 Å². The minimum absolute atomic E-state index is 0.288. The van der Waals surface area contributed by atoms with Crippen LogP contribution in [0, 0.1) is 0 Å². The molecule has 2 rings (SSSR count). The lowest BCUT2D eigenvalue weighted by molar-refractivity contribution is -0.271. The molecule has 0 aromatic rings. The quantitative estimate of drug-likeness (QED) is 0.590. The molecule has 2 aliphatic rings. The van der Waals surface area contributed by atoms with Crippen molar-refractivity contribution in [3.05, 3.63) is 0 Å². The number of aliphatic hydroxyl groups is 1. The minimum Gasteiger partial charge on any atom is -0.366 e. The number of rotatable bonds is 3. The topological polar surface area (TPSA) is 74.2 Å². The van der Waals surface area contributed by atoms with Crippen LogP contribution in [-0.2, 0) is 23.7 Å². The summed E-state index contributed by atoms with van der Waals surface area (Å²) >= 11 is 0. The van der Waals surface area contributed by atoms with E-state index in [1.807, 2.05) is 0 Å². The Labute approximate surface area is 106 Å². The molecule has 4 atom stereocenters. The van der Waals surface area contributed by atoms with Crippen molar-refractivity contribution < 1.29 is 28.8 Å². The molecule has 0 bridgehead atoms. The van der Waals surface area contributed by atoms with Gasteiger partial charge in [0.05, 0.1) is 6.10 Å². The van der Waals surface area contributed by atoms with Crippen LogP contribution in [-0.4, -0.2) is 47.6 Å². The van der Waals surface area contributed by atoms with Crippen LogP contribution in [0.15, 0.2) is 0 Å². The maximum absolute atomic E-state index is 11.0. The molecule has 1 N–H and O–H groups in total. The van der Waals surface area contributed by atoms with E-state index in [0.29, 0.717) is 12.7 Å². The highest BCUT2D eigenvalue weighted by molar-refractivity contribution is 5.57. The monoisotopic (exact) mass is 260 g/mol. The molecule has 104 valence electrons. The Kier molecular flexibility index (Phi) is 3.50. The van der Waals surface area contributed by atoms with Gasteiger partial charge in [0.25, 0.3) is 0 Å². The van der Waals surface area contributed by atoms with Crippen LogP contribution in [0.25, 0.3) is 0 Å². The standard InChI is InChI=1S/C12H20O6/c1-11(2,14)16-7-5-8-10(15-9(7)6-13)18-12(3,4)17-8/h6-10,14H,5H2,1-4H3/t7-,8?,9-,10?/m0/s1. The summed E-state index contributed by atoms with van der Waals surface area (Å²) in [6, 6.07) is 0. The maximum Gasteiger partial charge on any atom is 0.188 e. The molecular formula is C12H20O6. The van der Waals surface area contributed by atoms with Crippen molar-refractivity contribution in [3.63, 3.8) is 0 Å². The average molecular weight is 260 g/mol. The second kappa shape index (κ2) is 4.54. The highest BCUT2D eigenvalue weighted by atomic mass is 16.8. The Morgan fingerprint density at radius 1 is 1.39 bits per heavy atom. The van der Waals surface area contributed by atoms with Crippen molar-refractivity contribution in [1.29, 1.82) is 0 Å². The van der Waals surface area contributed by atoms with Gasteiger partial charge >= 0.3 is 0 Å². The zero-order valence-corrected chi connectivity index (χ0v) is 11.1. The van der Waals surface area contributed by atoms with Crippen LogP contribution in [0.5, 0.6) is 0 Å². The summed E-state index contributed by atoms with van der Waals surface area (Å²) in [7, 11) is 0. The molecule has 18 heavy (non-hydrogen) atoms. The van der Waals surface area contributed by atoms with Crippen molar-refractivity contribution in [2.45, 2.75) is 70.3 Å². The molecule has 0 aliphatic carbocycles. The molecule has 0 radical (unpaired) electrons. The summed E-state index contributed by atoms with van der Waals surface area (Å²) in [5, 5.41) is 9.66. The van der Waals surface area contributed by atoms with E-state index in [-0.39, 0.29) is 6.10 Å². The van der Waals surface area contributed by atoms with Gasteiger partial charge in [0, 0.05) is 6.42 Å². The SMILES string of the molecule is CC(C)(O)O[C@H]1CC2OC(C)(C)OC2O[C@H]1C=O. The summed E-state index contributed by atoms with van der Waals surface area (Å²) in [5.74, 6) is -2.05. The van der Waals surface area contributed by atoms with Crippen LogP contribution in [0.1, 0.15) is 34.1 Å². The van der Waals surface area contributed by atoms with Gasteiger partial charge in [-0.3, -0.25) is 0 Å². The zero-order valence-electron chi connectivity index (χ0n) is 11.1. The fourth-order valence-electron chi connectivity index (χ4n) is 2.29. The Balaban J connectivity index is 2.07. The smallest absolute Gasteiger partial charge is 0.188 e. The highest BCUT2D eigenvalue weighted by Gasteiger charge is 2.50. The van der Waals surface area contributed by atoms with Gasteiger partial charge in [0.2, 0.25) is 0 Å². The van der Waals surface area contributed by atoms with Crippen LogP contribution < -0.4 is 0 Å². The van der Waals surface area contributed by atoms with Gasteiger partial charge in [-0.15, -0.1) is 0 Å². The summed E-state index contributed by atoms with van der Waals surface area (Å²) in [6.07, 6.45) is -1.03. The predicted octanol–water partition coefficient (Wildman–Crippen LogP) is 0.565. The molecule has 6 nitrogen and oxygen atoms in total. The van der Waals surface area contributed by atoms with Crippen LogP contribution in [0.2, 0.25) is 0 Å². The molecule has 0 aromatic carbocycles. The fraction of sp³-hybridized carbons (Fsp3) is 0.917. The Morgan fingerprint density at radius 2 is 2.06 bits per heavy atom. The third kappa shape index (κ3) is 3.07. The van der Waals surface area contributed by atoms with E-state index in [9.17, 15) is 9.90 Å². The molecular weight excluding hydrogens is 240 g/mol. The largest absolute Gasteiger partial charge is 0.366 e. The molecule has 0 amide bonds. The van der Waals surface area contributed by atoms with Crippen molar-refractivity contribution >= 4 is 6.29 Å². The number of carbonyl (C=O) groups is 1. The molecule has 2 aliphatic heterocycles. The summed E-state index contributed by atoms with van der Waals surface area (Å²) in [6.45, 7) is 6.60. The third-order valence-corrected chi connectivity index (χ3v) is 2.83. The van der Waals surface area contributed by atoms with Crippen LogP contribution >= 0.6 is 0 Å². The van der Waals surface area contributed by atoms with Gasteiger partial charge < -0.3 is 28.8 Å².